The highest BCUT2D eigenvalue weighted by atomic mass is 35.5. The number of carbonyl (C=O) groups is 1. The molecule has 22 heavy (non-hydrogen) atoms. The SMILES string of the molecule is O=C(O)C1CCCN(c2ccc(-c3cccc(Cl)c3)nn2)C1. The third kappa shape index (κ3) is 3.20. The molecule has 0 bridgehead atoms. The zero-order chi connectivity index (χ0) is 15.5. The number of hydrogen-bond acceptors (Lipinski definition) is 4. The second-order valence-electron chi connectivity index (χ2n) is 5.41. The van der Waals surface area contributed by atoms with Crippen LogP contribution in [0.2, 0.25) is 5.02 Å². The van der Waals surface area contributed by atoms with Crippen LogP contribution in [0.15, 0.2) is 36.4 Å². The van der Waals surface area contributed by atoms with Gasteiger partial charge in [0.1, 0.15) is 0 Å². The van der Waals surface area contributed by atoms with Gasteiger partial charge in [0.15, 0.2) is 5.82 Å². The molecule has 5 nitrogen and oxygen atoms in total. The van der Waals surface area contributed by atoms with Crippen molar-refractivity contribution in [2.24, 2.45) is 5.92 Å². The lowest BCUT2D eigenvalue weighted by atomic mass is 9.98. The molecule has 1 saturated heterocycles. The Hall–Kier alpha value is -2.14. The number of rotatable bonds is 3. The molecule has 0 aliphatic carbocycles. The summed E-state index contributed by atoms with van der Waals surface area (Å²) in [7, 11) is 0. The van der Waals surface area contributed by atoms with Gasteiger partial charge in [0.25, 0.3) is 0 Å². The molecule has 0 spiro atoms. The van der Waals surface area contributed by atoms with Crippen molar-refractivity contribution in [3.8, 4) is 11.3 Å². The Morgan fingerprint density at radius 3 is 2.82 bits per heavy atom. The Morgan fingerprint density at radius 2 is 2.14 bits per heavy atom. The molecule has 0 saturated carbocycles. The number of aliphatic carboxylic acids is 1. The largest absolute Gasteiger partial charge is 0.481 e. The fourth-order valence-electron chi connectivity index (χ4n) is 2.68. The highest BCUT2D eigenvalue weighted by Gasteiger charge is 2.26. The molecule has 3 rings (SSSR count). The smallest absolute Gasteiger partial charge is 0.308 e. The molecular weight excluding hydrogens is 302 g/mol. The molecule has 2 aromatic rings. The van der Waals surface area contributed by atoms with E-state index >= 15 is 0 Å². The molecular formula is C16H16ClN3O2. The van der Waals surface area contributed by atoms with Crippen LogP contribution >= 0.6 is 11.6 Å². The first kappa shape index (κ1) is 14.8. The first-order chi connectivity index (χ1) is 10.6. The highest BCUT2D eigenvalue weighted by molar-refractivity contribution is 6.30. The zero-order valence-electron chi connectivity index (χ0n) is 11.9. The molecule has 1 aliphatic heterocycles. The molecule has 114 valence electrons. The second kappa shape index (κ2) is 6.32. The summed E-state index contributed by atoms with van der Waals surface area (Å²) in [5.41, 5.74) is 1.66. The summed E-state index contributed by atoms with van der Waals surface area (Å²) in [6.07, 6.45) is 1.58. The van der Waals surface area contributed by atoms with Crippen LogP contribution in [0.3, 0.4) is 0 Å². The Kier molecular flexibility index (Phi) is 4.24. The number of benzene rings is 1. The van der Waals surface area contributed by atoms with Gasteiger partial charge in [0, 0.05) is 23.7 Å². The fourth-order valence-corrected chi connectivity index (χ4v) is 2.87. The molecule has 1 N–H and O–H groups in total. The minimum Gasteiger partial charge on any atom is -0.481 e. The van der Waals surface area contributed by atoms with Gasteiger partial charge in [-0.3, -0.25) is 4.79 Å². The molecule has 0 radical (unpaired) electrons. The highest BCUT2D eigenvalue weighted by Crippen LogP contribution is 2.24. The Balaban J connectivity index is 1.78. The van der Waals surface area contributed by atoms with Gasteiger partial charge in [-0.1, -0.05) is 23.7 Å². The molecule has 1 aromatic carbocycles. The lowest BCUT2D eigenvalue weighted by molar-refractivity contribution is -0.141. The van der Waals surface area contributed by atoms with E-state index in [9.17, 15) is 4.79 Å². The third-order valence-corrected chi connectivity index (χ3v) is 4.10. The van der Waals surface area contributed by atoms with Crippen molar-refractivity contribution in [2.75, 3.05) is 18.0 Å². The van der Waals surface area contributed by atoms with E-state index in [-0.39, 0.29) is 5.92 Å². The molecule has 1 atom stereocenters. The summed E-state index contributed by atoms with van der Waals surface area (Å²) in [6, 6.07) is 11.2. The van der Waals surface area contributed by atoms with Crippen molar-refractivity contribution in [2.45, 2.75) is 12.8 Å². The van der Waals surface area contributed by atoms with E-state index in [0.717, 1.165) is 36.5 Å². The first-order valence-corrected chi connectivity index (χ1v) is 7.59. The van der Waals surface area contributed by atoms with Crippen molar-refractivity contribution in [1.29, 1.82) is 0 Å². The summed E-state index contributed by atoms with van der Waals surface area (Å²) in [6.45, 7) is 1.30. The number of nitrogens with zero attached hydrogens (tertiary/aromatic N) is 3. The molecule has 1 aromatic heterocycles. The van der Waals surface area contributed by atoms with Crippen molar-refractivity contribution < 1.29 is 9.90 Å². The maximum Gasteiger partial charge on any atom is 0.308 e. The molecule has 1 aliphatic rings. The van der Waals surface area contributed by atoms with Crippen LogP contribution in [-0.4, -0.2) is 34.4 Å². The monoisotopic (exact) mass is 317 g/mol. The van der Waals surface area contributed by atoms with Crippen LogP contribution in [0.1, 0.15) is 12.8 Å². The average molecular weight is 318 g/mol. The molecule has 2 heterocycles. The van der Waals surface area contributed by atoms with E-state index in [1.165, 1.54) is 0 Å². The number of carboxylic acids is 1. The second-order valence-corrected chi connectivity index (χ2v) is 5.85. The van der Waals surface area contributed by atoms with Crippen molar-refractivity contribution in [3.05, 3.63) is 41.4 Å². The predicted octanol–water partition coefficient (Wildman–Crippen LogP) is 3.10. The van der Waals surface area contributed by atoms with Gasteiger partial charge in [0.05, 0.1) is 11.6 Å². The Labute approximate surface area is 133 Å². The molecule has 6 heteroatoms. The zero-order valence-corrected chi connectivity index (χ0v) is 12.7. The van der Waals surface area contributed by atoms with Gasteiger partial charge >= 0.3 is 5.97 Å². The lowest BCUT2D eigenvalue weighted by Crippen LogP contribution is -2.39. The summed E-state index contributed by atoms with van der Waals surface area (Å²) >= 11 is 5.98. The minimum absolute atomic E-state index is 0.330. The third-order valence-electron chi connectivity index (χ3n) is 3.87. The van der Waals surface area contributed by atoms with Crippen LogP contribution < -0.4 is 4.90 Å². The van der Waals surface area contributed by atoms with Gasteiger partial charge in [-0.05, 0) is 37.1 Å². The van der Waals surface area contributed by atoms with Gasteiger partial charge in [-0.25, -0.2) is 0 Å². The number of anilines is 1. The van der Waals surface area contributed by atoms with E-state index in [2.05, 4.69) is 10.2 Å². The van der Waals surface area contributed by atoms with E-state index in [0.29, 0.717) is 11.6 Å². The summed E-state index contributed by atoms with van der Waals surface area (Å²) in [5, 5.41) is 18.3. The predicted molar refractivity (Wildman–Crippen MR) is 85.1 cm³/mol. The Bertz CT molecular complexity index is 675. The molecule has 0 amide bonds. The first-order valence-electron chi connectivity index (χ1n) is 7.21. The van der Waals surface area contributed by atoms with Crippen LogP contribution in [0.4, 0.5) is 5.82 Å². The van der Waals surface area contributed by atoms with Gasteiger partial charge in [0.2, 0.25) is 0 Å². The Morgan fingerprint density at radius 1 is 1.27 bits per heavy atom. The quantitative estimate of drug-likeness (QED) is 0.942. The normalized spacial score (nSPS) is 18.2. The number of carboxylic acid groups (broad SMARTS) is 1. The van der Waals surface area contributed by atoms with Crippen LogP contribution in [0.25, 0.3) is 11.3 Å². The lowest BCUT2D eigenvalue weighted by Gasteiger charge is -2.31. The molecule has 1 fully saturated rings. The van der Waals surface area contributed by atoms with Crippen LogP contribution in [-0.2, 0) is 4.79 Å². The van der Waals surface area contributed by atoms with Crippen molar-refractivity contribution in [1.82, 2.24) is 10.2 Å². The van der Waals surface area contributed by atoms with Crippen molar-refractivity contribution >= 4 is 23.4 Å². The minimum atomic E-state index is -0.742. The summed E-state index contributed by atoms with van der Waals surface area (Å²) in [5.74, 6) is -0.354. The van der Waals surface area contributed by atoms with Gasteiger partial charge < -0.3 is 10.0 Å². The topological polar surface area (TPSA) is 66.3 Å². The van der Waals surface area contributed by atoms with Crippen molar-refractivity contribution in [3.63, 3.8) is 0 Å². The average Bonchev–Trinajstić information content (AvgIpc) is 2.55. The number of hydrogen-bond donors (Lipinski definition) is 1. The van der Waals surface area contributed by atoms with Gasteiger partial charge in [-0.15, -0.1) is 10.2 Å². The summed E-state index contributed by atoms with van der Waals surface area (Å²) in [4.78, 5) is 13.1. The number of halogens is 1. The fraction of sp³-hybridized carbons (Fsp3) is 0.312. The standard InChI is InChI=1S/C16H16ClN3O2/c17-13-5-1-3-11(9-13)14-6-7-15(19-18-14)20-8-2-4-12(10-20)16(21)22/h1,3,5-7,9,12H,2,4,8,10H2,(H,21,22). The van der Waals surface area contributed by atoms with E-state index in [1.54, 1.807) is 0 Å². The van der Waals surface area contributed by atoms with E-state index in [1.807, 2.05) is 41.3 Å². The van der Waals surface area contributed by atoms with E-state index in [4.69, 9.17) is 16.7 Å². The number of piperidine rings is 1. The van der Waals surface area contributed by atoms with Crippen LogP contribution in [0, 0.1) is 5.92 Å². The summed E-state index contributed by atoms with van der Waals surface area (Å²) < 4.78 is 0. The number of aromatic nitrogens is 2. The molecule has 1 unspecified atom stereocenters. The maximum absolute atomic E-state index is 11.1. The van der Waals surface area contributed by atoms with Gasteiger partial charge in [-0.2, -0.15) is 0 Å². The van der Waals surface area contributed by atoms with Crippen LogP contribution in [0.5, 0.6) is 0 Å². The van der Waals surface area contributed by atoms with E-state index < -0.39 is 5.97 Å². The maximum atomic E-state index is 11.1.